The van der Waals surface area contributed by atoms with Crippen molar-refractivity contribution in [1.29, 1.82) is 0 Å². The van der Waals surface area contributed by atoms with Crippen molar-refractivity contribution in [3.8, 4) is 5.69 Å². The molecule has 2 aromatic carbocycles. The van der Waals surface area contributed by atoms with Crippen LogP contribution in [0.1, 0.15) is 32.1 Å². The van der Waals surface area contributed by atoms with E-state index in [0.29, 0.717) is 28.7 Å². The number of anilines is 1. The molecule has 5 nitrogen and oxygen atoms in total. The highest BCUT2D eigenvalue weighted by Gasteiger charge is 2.46. The Morgan fingerprint density at radius 3 is 2.24 bits per heavy atom. The highest BCUT2D eigenvalue weighted by Crippen LogP contribution is 2.52. The SMILES string of the molecule is O=c1c2ccccc2nc(NN=C2C3CC4CC(C3)CC2C4)n1-c1ccccc1. The van der Waals surface area contributed by atoms with Crippen LogP contribution in [0.4, 0.5) is 5.95 Å². The van der Waals surface area contributed by atoms with Crippen LogP contribution >= 0.6 is 0 Å². The molecule has 1 aromatic heterocycles. The van der Waals surface area contributed by atoms with E-state index in [-0.39, 0.29) is 5.56 Å². The number of benzene rings is 2. The Labute approximate surface area is 169 Å². The van der Waals surface area contributed by atoms with E-state index in [1.165, 1.54) is 37.8 Å². The summed E-state index contributed by atoms with van der Waals surface area (Å²) in [6, 6.07) is 17.2. The zero-order chi connectivity index (χ0) is 19.4. The van der Waals surface area contributed by atoms with Crippen LogP contribution in [0.25, 0.3) is 16.6 Å². The Bertz CT molecular complexity index is 1130. The zero-order valence-electron chi connectivity index (χ0n) is 16.3. The fourth-order valence-corrected chi connectivity index (χ4v) is 5.99. The normalized spacial score (nSPS) is 27.4. The fourth-order valence-electron chi connectivity index (χ4n) is 5.99. The van der Waals surface area contributed by atoms with E-state index >= 15 is 0 Å². The van der Waals surface area contributed by atoms with E-state index in [2.05, 4.69) is 5.43 Å². The minimum atomic E-state index is -0.0745. The first kappa shape index (κ1) is 17.0. The largest absolute Gasteiger partial charge is 0.268 e. The molecule has 4 bridgehead atoms. The highest BCUT2D eigenvalue weighted by molar-refractivity contribution is 5.91. The van der Waals surface area contributed by atoms with Gasteiger partial charge in [-0.25, -0.2) is 15.0 Å². The van der Waals surface area contributed by atoms with E-state index < -0.39 is 0 Å². The van der Waals surface area contributed by atoms with Gasteiger partial charge in [-0.2, -0.15) is 5.10 Å². The van der Waals surface area contributed by atoms with E-state index in [4.69, 9.17) is 10.1 Å². The highest BCUT2D eigenvalue weighted by atomic mass is 16.1. The Morgan fingerprint density at radius 2 is 1.52 bits per heavy atom. The molecule has 0 amide bonds. The van der Waals surface area contributed by atoms with E-state index in [9.17, 15) is 4.79 Å². The second kappa shape index (κ2) is 6.55. The van der Waals surface area contributed by atoms with Gasteiger partial charge in [0.2, 0.25) is 5.95 Å². The van der Waals surface area contributed by atoms with Gasteiger partial charge >= 0.3 is 0 Å². The number of para-hydroxylation sites is 2. The van der Waals surface area contributed by atoms with Gasteiger partial charge in [0.15, 0.2) is 0 Å². The van der Waals surface area contributed by atoms with Crippen LogP contribution in [0.5, 0.6) is 0 Å². The lowest BCUT2D eigenvalue weighted by Crippen LogP contribution is -2.45. The molecular formula is C24H24N4O. The van der Waals surface area contributed by atoms with Crippen molar-refractivity contribution in [3.63, 3.8) is 0 Å². The van der Waals surface area contributed by atoms with Crippen molar-refractivity contribution >= 4 is 22.6 Å². The second-order valence-electron chi connectivity index (χ2n) is 8.88. The number of fused-ring (bicyclic) bond motifs is 1. The van der Waals surface area contributed by atoms with Crippen molar-refractivity contribution in [1.82, 2.24) is 9.55 Å². The first-order chi connectivity index (χ1) is 14.3. The van der Waals surface area contributed by atoms with Gasteiger partial charge in [0.25, 0.3) is 5.56 Å². The second-order valence-corrected chi connectivity index (χ2v) is 8.88. The number of hydrogen-bond donors (Lipinski definition) is 1. The monoisotopic (exact) mass is 384 g/mol. The number of nitrogens with zero attached hydrogens (tertiary/aromatic N) is 3. The number of rotatable bonds is 3. The van der Waals surface area contributed by atoms with Gasteiger partial charge in [-0.3, -0.25) is 4.79 Å². The molecule has 0 spiro atoms. The lowest BCUT2D eigenvalue weighted by atomic mass is 9.55. The molecule has 0 atom stereocenters. The summed E-state index contributed by atoms with van der Waals surface area (Å²) in [6.45, 7) is 0. The number of aromatic nitrogens is 2. The molecule has 146 valence electrons. The van der Waals surface area contributed by atoms with Crippen molar-refractivity contribution in [2.75, 3.05) is 5.43 Å². The Balaban J connectivity index is 1.45. The maximum atomic E-state index is 13.3. The van der Waals surface area contributed by atoms with Crippen LogP contribution in [-0.2, 0) is 0 Å². The average Bonchev–Trinajstić information content (AvgIpc) is 2.73. The molecule has 1 heterocycles. The molecular weight excluding hydrogens is 360 g/mol. The predicted octanol–water partition coefficient (Wildman–Crippen LogP) is 4.61. The summed E-state index contributed by atoms with van der Waals surface area (Å²) in [6.07, 6.45) is 6.55. The third-order valence-electron chi connectivity index (χ3n) is 7.05. The topological polar surface area (TPSA) is 59.3 Å². The lowest BCUT2D eigenvalue weighted by Gasteiger charge is -2.50. The van der Waals surface area contributed by atoms with E-state index in [1.54, 1.807) is 4.57 Å². The maximum absolute atomic E-state index is 13.3. The summed E-state index contributed by atoms with van der Waals surface area (Å²) >= 11 is 0. The summed E-state index contributed by atoms with van der Waals surface area (Å²) in [7, 11) is 0. The minimum Gasteiger partial charge on any atom is -0.268 e. The van der Waals surface area contributed by atoms with Gasteiger partial charge in [0.1, 0.15) is 0 Å². The molecule has 4 aliphatic rings. The standard InChI is InChI=1S/C24H24N4O/c29-23-20-8-4-5-9-21(20)25-24(28(23)19-6-2-1-3-7-19)27-26-22-17-11-15-10-16(13-17)14-18(22)12-15/h1-9,15-18H,10-14H2,(H,25,27). The average molecular weight is 384 g/mol. The summed E-state index contributed by atoms with van der Waals surface area (Å²) in [4.78, 5) is 18.0. The third kappa shape index (κ3) is 2.79. The molecule has 7 rings (SSSR count). The van der Waals surface area contributed by atoms with E-state index in [0.717, 1.165) is 17.5 Å². The van der Waals surface area contributed by atoms with Crippen LogP contribution in [0, 0.1) is 23.7 Å². The fraction of sp³-hybridized carbons (Fsp3) is 0.375. The molecule has 0 saturated heterocycles. The van der Waals surface area contributed by atoms with Crippen molar-refractivity contribution in [3.05, 3.63) is 65.0 Å². The van der Waals surface area contributed by atoms with Gasteiger partial charge in [0, 0.05) is 5.71 Å². The quantitative estimate of drug-likeness (QED) is 0.671. The first-order valence-electron chi connectivity index (χ1n) is 10.7. The first-order valence-corrected chi connectivity index (χ1v) is 10.7. The van der Waals surface area contributed by atoms with Crippen LogP contribution in [0.15, 0.2) is 64.5 Å². The van der Waals surface area contributed by atoms with Crippen molar-refractivity contribution in [2.45, 2.75) is 32.1 Å². The molecule has 0 aliphatic heterocycles. The molecule has 4 aliphatic carbocycles. The van der Waals surface area contributed by atoms with E-state index in [1.807, 2.05) is 54.6 Å². The number of nitrogens with one attached hydrogen (secondary N) is 1. The van der Waals surface area contributed by atoms with Crippen molar-refractivity contribution < 1.29 is 0 Å². The number of hydrazone groups is 1. The molecule has 4 fully saturated rings. The summed E-state index contributed by atoms with van der Waals surface area (Å²) in [5.41, 5.74) is 5.93. The van der Waals surface area contributed by atoms with Gasteiger partial charge in [-0.05, 0) is 80.0 Å². The third-order valence-corrected chi connectivity index (χ3v) is 7.05. The number of hydrogen-bond acceptors (Lipinski definition) is 4. The minimum absolute atomic E-state index is 0.0745. The van der Waals surface area contributed by atoms with Crippen LogP contribution in [0.2, 0.25) is 0 Å². The Morgan fingerprint density at radius 1 is 0.862 bits per heavy atom. The molecule has 4 saturated carbocycles. The summed E-state index contributed by atoms with van der Waals surface area (Å²) in [5.74, 6) is 3.50. The lowest BCUT2D eigenvalue weighted by molar-refractivity contribution is 0.108. The van der Waals surface area contributed by atoms with Gasteiger partial charge in [-0.1, -0.05) is 30.3 Å². The van der Waals surface area contributed by atoms with Gasteiger partial charge < -0.3 is 0 Å². The van der Waals surface area contributed by atoms with Crippen molar-refractivity contribution in [2.24, 2.45) is 28.8 Å². The molecule has 0 radical (unpaired) electrons. The zero-order valence-corrected chi connectivity index (χ0v) is 16.3. The van der Waals surface area contributed by atoms with Gasteiger partial charge in [-0.15, -0.1) is 0 Å². The van der Waals surface area contributed by atoms with Crippen LogP contribution < -0.4 is 11.0 Å². The summed E-state index contributed by atoms with van der Waals surface area (Å²) < 4.78 is 1.64. The van der Waals surface area contributed by atoms with Crippen LogP contribution in [0.3, 0.4) is 0 Å². The Hall–Kier alpha value is -2.95. The Kier molecular flexibility index (Phi) is 3.83. The smallest absolute Gasteiger partial charge is 0.267 e. The van der Waals surface area contributed by atoms with Crippen LogP contribution in [-0.4, -0.2) is 15.3 Å². The molecule has 1 N–H and O–H groups in total. The molecule has 29 heavy (non-hydrogen) atoms. The molecule has 5 heteroatoms. The summed E-state index contributed by atoms with van der Waals surface area (Å²) in [5, 5.41) is 5.49. The predicted molar refractivity (Wildman–Crippen MR) is 115 cm³/mol. The van der Waals surface area contributed by atoms with Gasteiger partial charge in [0.05, 0.1) is 16.6 Å². The molecule has 0 unspecified atom stereocenters. The molecule has 3 aromatic rings. The maximum Gasteiger partial charge on any atom is 0.267 e.